The van der Waals surface area contributed by atoms with Crippen molar-refractivity contribution in [2.75, 3.05) is 0 Å². The molecule has 116 valence electrons. The predicted octanol–water partition coefficient (Wildman–Crippen LogP) is 2.84. The highest BCUT2D eigenvalue weighted by Crippen LogP contribution is 2.34. The number of ether oxygens (including phenoxy) is 1. The number of phenols is 1. The number of hydrogen-bond donors (Lipinski definition) is 3. The number of aliphatic carboxylic acids is 1. The second kappa shape index (κ2) is 7.47. The fourth-order valence-electron chi connectivity index (χ4n) is 2.12. The molecule has 5 heteroatoms. The van der Waals surface area contributed by atoms with Crippen LogP contribution in [0.15, 0.2) is 48.5 Å². The topological polar surface area (TPSA) is 92.8 Å². The van der Waals surface area contributed by atoms with Gasteiger partial charge in [-0.2, -0.15) is 0 Å². The summed E-state index contributed by atoms with van der Waals surface area (Å²) in [7, 11) is 0. The molecular weight excluding hydrogens is 282 g/mol. The summed E-state index contributed by atoms with van der Waals surface area (Å²) in [4.78, 5) is 10.6. The second-order valence-electron chi connectivity index (χ2n) is 5.01. The first-order valence-electron chi connectivity index (χ1n) is 7.04. The summed E-state index contributed by atoms with van der Waals surface area (Å²) in [6.07, 6.45) is 0.209. The molecule has 0 saturated carbocycles. The number of hydrogen-bond acceptors (Lipinski definition) is 4. The lowest BCUT2D eigenvalue weighted by Gasteiger charge is -2.15. The standard InChI is InChI=1S/C17H19NO4/c18-14(9-10-16(19)20)13-7-4-8-15(17(13)21)22-11-12-5-2-1-3-6-12/h1-8,14,21H,9-11,18H2,(H,19,20). The van der Waals surface area contributed by atoms with E-state index >= 15 is 0 Å². The van der Waals surface area contributed by atoms with Crippen LogP contribution >= 0.6 is 0 Å². The third-order valence-corrected chi connectivity index (χ3v) is 3.34. The SMILES string of the molecule is NC(CCC(=O)O)c1cccc(OCc2ccccc2)c1O. The summed E-state index contributed by atoms with van der Waals surface area (Å²) < 4.78 is 5.62. The Hall–Kier alpha value is -2.53. The average molecular weight is 301 g/mol. The lowest BCUT2D eigenvalue weighted by atomic mass is 10.0. The normalized spacial score (nSPS) is 11.9. The summed E-state index contributed by atoms with van der Waals surface area (Å²) in [5.41, 5.74) is 7.42. The Morgan fingerprint density at radius 1 is 1.14 bits per heavy atom. The molecule has 22 heavy (non-hydrogen) atoms. The molecule has 0 aliphatic heterocycles. The first-order chi connectivity index (χ1) is 10.6. The summed E-state index contributed by atoms with van der Waals surface area (Å²) in [5, 5.41) is 19.0. The van der Waals surface area contributed by atoms with Gasteiger partial charge in [0.15, 0.2) is 11.5 Å². The lowest BCUT2D eigenvalue weighted by Crippen LogP contribution is -2.12. The van der Waals surface area contributed by atoms with Crippen molar-refractivity contribution in [2.24, 2.45) is 5.73 Å². The van der Waals surface area contributed by atoms with E-state index in [1.54, 1.807) is 18.2 Å². The number of nitrogens with two attached hydrogens (primary N) is 1. The van der Waals surface area contributed by atoms with E-state index in [2.05, 4.69) is 0 Å². The molecule has 1 unspecified atom stereocenters. The molecule has 2 rings (SSSR count). The van der Waals surface area contributed by atoms with Gasteiger partial charge >= 0.3 is 5.97 Å². The monoisotopic (exact) mass is 301 g/mol. The largest absolute Gasteiger partial charge is 0.504 e. The number of rotatable bonds is 7. The van der Waals surface area contributed by atoms with E-state index in [0.717, 1.165) is 5.56 Å². The highest BCUT2D eigenvalue weighted by atomic mass is 16.5. The van der Waals surface area contributed by atoms with Crippen molar-refractivity contribution in [3.8, 4) is 11.5 Å². The summed E-state index contributed by atoms with van der Waals surface area (Å²) >= 11 is 0. The van der Waals surface area contributed by atoms with Crippen molar-refractivity contribution in [1.29, 1.82) is 0 Å². The highest BCUT2D eigenvalue weighted by molar-refractivity contribution is 5.66. The van der Waals surface area contributed by atoms with Gasteiger partial charge in [-0.25, -0.2) is 0 Å². The number of carbonyl (C=O) groups is 1. The maximum atomic E-state index is 10.6. The van der Waals surface area contributed by atoms with E-state index in [9.17, 15) is 9.90 Å². The molecule has 4 N–H and O–H groups in total. The molecule has 0 radical (unpaired) electrons. The molecule has 0 heterocycles. The molecule has 5 nitrogen and oxygen atoms in total. The zero-order valence-corrected chi connectivity index (χ0v) is 12.1. The minimum Gasteiger partial charge on any atom is -0.504 e. The van der Waals surface area contributed by atoms with Crippen LogP contribution in [0.3, 0.4) is 0 Å². The third-order valence-electron chi connectivity index (χ3n) is 3.34. The molecule has 0 spiro atoms. The van der Waals surface area contributed by atoms with Gasteiger partial charge in [-0.1, -0.05) is 42.5 Å². The van der Waals surface area contributed by atoms with E-state index in [1.165, 1.54) is 0 Å². The van der Waals surface area contributed by atoms with Crippen LogP contribution in [0.2, 0.25) is 0 Å². The smallest absolute Gasteiger partial charge is 0.303 e. The fourth-order valence-corrected chi connectivity index (χ4v) is 2.12. The fraction of sp³-hybridized carbons (Fsp3) is 0.235. The van der Waals surface area contributed by atoms with Gasteiger partial charge in [0, 0.05) is 18.0 Å². The zero-order chi connectivity index (χ0) is 15.9. The molecule has 0 aliphatic carbocycles. The first-order valence-corrected chi connectivity index (χ1v) is 7.04. The van der Waals surface area contributed by atoms with Crippen molar-refractivity contribution < 1.29 is 19.7 Å². The Morgan fingerprint density at radius 3 is 2.55 bits per heavy atom. The molecule has 0 fully saturated rings. The van der Waals surface area contributed by atoms with Crippen molar-refractivity contribution in [3.63, 3.8) is 0 Å². The molecule has 0 amide bonds. The second-order valence-corrected chi connectivity index (χ2v) is 5.01. The number of carboxylic acid groups (broad SMARTS) is 1. The number of phenolic OH excluding ortho intramolecular Hbond substituents is 1. The van der Waals surface area contributed by atoms with Crippen molar-refractivity contribution >= 4 is 5.97 Å². The van der Waals surface area contributed by atoms with E-state index in [4.69, 9.17) is 15.6 Å². The Balaban J connectivity index is 2.06. The van der Waals surface area contributed by atoms with Crippen LogP contribution in [-0.2, 0) is 11.4 Å². The number of para-hydroxylation sites is 1. The van der Waals surface area contributed by atoms with Crippen LogP contribution in [0.4, 0.5) is 0 Å². The van der Waals surface area contributed by atoms with Gasteiger partial charge < -0.3 is 20.7 Å². The van der Waals surface area contributed by atoms with Gasteiger partial charge in [0.1, 0.15) is 6.61 Å². The number of carboxylic acids is 1. The van der Waals surface area contributed by atoms with E-state index in [-0.39, 0.29) is 18.6 Å². The summed E-state index contributed by atoms with van der Waals surface area (Å²) in [5.74, 6) is -0.602. The summed E-state index contributed by atoms with van der Waals surface area (Å²) in [6, 6.07) is 14.1. The minimum atomic E-state index is -0.911. The van der Waals surface area contributed by atoms with Crippen LogP contribution in [0.25, 0.3) is 0 Å². The van der Waals surface area contributed by atoms with Crippen LogP contribution < -0.4 is 10.5 Å². The first kappa shape index (κ1) is 15.9. The summed E-state index contributed by atoms with van der Waals surface area (Å²) in [6.45, 7) is 0.336. The van der Waals surface area contributed by atoms with Crippen LogP contribution in [0.5, 0.6) is 11.5 Å². The molecule has 1 atom stereocenters. The predicted molar refractivity (Wildman–Crippen MR) is 82.7 cm³/mol. The Labute approximate surface area is 129 Å². The van der Waals surface area contributed by atoms with E-state index in [1.807, 2.05) is 30.3 Å². The Bertz CT molecular complexity index is 628. The van der Waals surface area contributed by atoms with Gasteiger partial charge in [0.25, 0.3) is 0 Å². The molecule has 0 aliphatic rings. The molecule has 0 saturated heterocycles. The minimum absolute atomic E-state index is 0.0312. The molecule has 0 aromatic heterocycles. The average Bonchev–Trinajstić information content (AvgIpc) is 2.52. The van der Waals surface area contributed by atoms with Crippen molar-refractivity contribution in [3.05, 3.63) is 59.7 Å². The van der Waals surface area contributed by atoms with Gasteiger partial charge in [0.05, 0.1) is 0 Å². The molecule has 0 bridgehead atoms. The lowest BCUT2D eigenvalue weighted by molar-refractivity contribution is -0.137. The van der Waals surface area contributed by atoms with Gasteiger partial charge in [-0.05, 0) is 18.1 Å². The van der Waals surface area contributed by atoms with Gasteiger partial charge in [-0.3, -0.25) is 4.79 Å². The molecule has 2 aromatic carbocycles. The van der Waals surface area contributed by atoms with Crippen LogP contribution in [-0.4, -0.2) is 16.2 Å². The zero-order valence-electron chi connectivity index (χ0n) is 12.1. The highest BCUT2D eigenvalue weighted by Gasteiger charge is 2.15. The van der Waals surface area contributed by atoms with Gasteiger partial charge in [-0.15, -0.1) is 0 Å². The number of aromatic hydroxyl groups is 1. The van der Waals surface area contributed by atoms with Crippen LogP contribution in [0, 0.1) is 0 Å². The maximum Gasteiger partial charge on any atom is 0.303 e. The quantitative estimate of drug-likeness (QED) is 0.731. The van der Waals surface area contributed by atoms with Gasteiger partial charge in [0.2, 0.25) is 0 Å². The van der Waals surface area contributed by atoms with Crippen molar-refractivity contribution in [2.45, 2.75) is 25.5 Å². The van der Waals surface area contributed by atoms with Crippen LogP contribution in [0.1, 0.15) is 30.0 Å². The molecular formula is C17H19NO4. The molecule has 2 aromatic rings. The number of benzene rings is 2. The van der Waals surface area contributed by atoms with E-state index in [0.29, 0.717) is 17.9 Å². The Morgan fingerprint density at radius 2 is 1.86 bits per heavy atom. The third kappa shape index (κ3) is 4.23. The Kier molecular flexibility index (Phi) is 5.38. The van der Waals surface area contributed by atoms with Crippen molar-refractivity contribution in [1.82, 2.24) is 0 Å². The maximum absolute atomic E-state index is 10.6. The van der Waals surface area contributed by atoms with E-state index < -0.39 is 12.0 Å².